The molecule has 2 heterocycles. The summed E-state index contributed by atoms with van der Waals surface area (Å²) < 4.78 is 6.67. The Hall–Kier alpha value is -2.47. The van der Waals surface area contributed by atoms with Crippen LogP contribution in [0.5, 0.6) is 5.75 Å². The van der Waals surface area contributed by atoms with Gasteiger partial charge in [0.2, 0.25) is 0 Å². The SMILES string of the molecule is CCOc1ccc(/C=N/n2cnc3sc(C)c(C)c3c2=O)cc1. The van der Waals surface area contributed by atoms with Crippen LogP contribution < -0.4 is 10.3 Å². The molecular weight excluding hydrogens is 310 g/mol. The van der Waals surface area contributed by atoms with Crippen molar-refractivity contribution >= 4 is 27.8 Å². The second-order valence-corrected chi connectivity index (χ2v) is 6.31. The van der Waals surface area contributed by atoms with Crippen molar-refractivity contribution in [3.63, 3.8) is 0 Å². The average Bonchev–Trinajstić information content (AvgIpc) is 2.84. The van der Waals surface area contributed by atoms with Crippen molar-refractivity contribution in [3.8, 4) is 5.75 Å². The number of hydrogen-bond donors (Lipinski definition) is 0. The molecule has 0 aliphatic rings. The van der Waals surface area contributed by atoms with E-state index in [-0.39, 0.29) is 5.56 Å². The number of nitrogens with zero attached hydrogens (tertiary/aromatic N) is 3. The van der Waals surface area contributed by atoms with Gasteiger partial charge in [0.25, 0.3) is 5.56 Å². The van der Waals surface area contributed by atoms with Crippen LogP contribution in [-0.2, 0) is 0 Å². The normalized spacial score (nSPS) is 11.4. The Bertz CT molecular complexity index is 923. The first-order valence-electron chi connectivity index (χ1n) is 7.34. The molecule has 0 unspecified atom stereocenters. The third-order valence-electron chi connectivity index (χ3n) is 3.60. The fourth-order valence-electron chi connectivity index (χ4n) is 2.25. The number of aromatic nitrogens is 2. The first kappa shape index (κ1) is 15.4. The van der Waals surface area contributed by atoms with Crippen LogP contribution >= 0.6 is 11.3 Å². The first-order valence-corrected chi connectivity index (χ1v) is 8.16. The number of thiophene rings is 1. The number of ether oxygens (including phenoxy) is 1. The average molecular weight is 327 g/mol. The minimum absolute atomic E-state index is 0.140. The number of hydrogen-bond acceptors (Lipinski definition) is 5. The van der Waals surface area contributed by atoms with Crippen molar-refractivity contribution in [1.29, 1.82) is 0 Å². The van der Waals surface area contributed by atoms with E-state index < -0.39 is 0 Å². The van der Waals surface area contributed by atoms with Gasteiger partial charge in [-0.15, -0.1) is 11.3 Å². The zero-order chi connectivity index (χ0) is 16.4. The molecule has 0 fully saturated rings. The highest BCUT2D eigenvalue weighted by Gasteiger charge is 2.11. The topological polar surface area (TPSA) is 56.5 Å². The lowest BCUT2D eigenvalue weighted by molar-refractivity contribution is 0.340. The number of fused-ring (bicyclic) bond motifs is 1. The van der Waals surface area contributed by atoms with Gasteiger partial charge in [-0.05, 0) is 56.2 Å². The molecule has 0 bridgehead atoms. The van der Waals surface area contributed by atoms with E-state index in [9.17, 15) is 4.79 Å². The molecule has 118 valence electrons. The molecule has 0 N–H and O–H groups in total. The summed E-state index contributed by atoms with van der Waals surface area (Å²) in [4.78, 5) is 18.7. The fourth-order valence-corrected chi connectivity index (χ4v) is 3.24. The fraction of sp³-hybridized carbons (Fsp3) is 0.235. The van der Waals surface area contributed by atoms with Crippen LogP contribution in [0.1, 0.15) is 22.9 Å². The van der Waals surface area contributed by atoms with E-state index in [1.54, 1.807) is 6.21 Å². The monoisotopic (exact) mass is 327 g/mol. The van der Waals surface area contributed by atoms with Gasteiger partial charge in [0, 0.05) is 4.88 Å². The van der Waals surface area contributed by atoms with Gasteiger partial charge in [0.1, 0.15) is 16.9 Å². The Balaban J connectivity index is 1.93. The Morgan fingerprint density at radius 1 is 1.30 bits per heavy atom. The van der Waals surface area contributed by atoms with Crippen molar-refractivity contribution < 1.29 is 4.74 Å². The van der Waals surface area contributed by atoms with Crippen LogP contribution in [0.25, 0.3) is 10.2 Å². The van der Waals surface area contributed by atoms with Crippen LogP contribution in [-0.4, -0.2) is 22.5 Å². The Morgan fingerprint density at radius 2 is 2.04 bits per heavy atom. The Kier molecular flexibility index (Phi) is 4.25. The minimum Gasteiger partial charge on any atom is -0.494 e. The number of aryl methyl sites for hydroxylation is 2. The second kappa shape index (κ2) is 6.34. The molecule has 0 saturated carbocycles. The first-order chi connectivity index (χ1) is 11.1. The standard InChI is InChI=1S/C17H17N3O2S/c1-4-22-14-7-5-13(6-8-14)9-19-20-10-18-16-15(17(20)21)11(2)12(3)23-16/h5-10H,4H2,1-3H3/b19-9+. The summed E-state index contributed by atoms with van der Waals surface area (Å²) in [6.45, 7) is 6.51. The quantitative estimate of drug-likeness (QED) is 0.691. The van der Waals surface area contributed by atoms with Crippen LogP contribution in [0.4, 0.5) is 0 Å². The molecule has 0 aliphatic carbocycles. The van der Waals surface area contributed by atoms with E-state index in [1.165, 1.54) is 22.3 Å². The highest BCUT2D eigenvalue weighted by Crippen LogP contribution is 2.25. The zero-order valence-corrected chi connectivity index (χ0v) is 14.1. The largest absolute Gasteiger partial charge is 0.494 e. The van der Waals surface area contributed by atoms with E-state index in [0.717, 1.165) is 26.6 Å². The molecule has 0 aliphatic heterocycles. The van der Waals surface area contributed by atoms with Crippen molar-refractivity contribution in [3.05, 3.63) is 57.0 Å². The summed E-state index contributed by atoms with van der Waals surface area (Å²) in [5, 5.41) is 4.88. The third kappa shape index (κ3) is 3.03. The maximum atomic E-state index is 12.5. The zero-order valence-electron chi connectivity index (χ0n) is 13.2. The highest BCUT2D eigenvalue weighted by molar-refractivity contribution is 7.18. The van der Waals surface area contributed by atoms with Crippen LogP contribution in [0.3, 0.4) is 0 Å². The summed E-state index contributed by atoms with van der Waals surface area (Å²) in [5.41, 5.74) is 1.73. The summed E-state index contributed by atoms with van der Waals surface area (Å²) in [6, 6.07) is 7.54. The van der Waals surface area contributed by atoms with E-state index in [1.807, 2.05) is 45.0 Å². The van der Waals surface area contributed by atoms with Crippen LogP contribution in [0.2, 0.25) is 0 Å². The summed E-state index contributed by atoms with van der Waals surface area (Å²) in [5.74, 6) is 0.814. The minimum atomic E-state index is -0.140. The summed E-state index contributed by atoms with van der Waals surface area (Å²) in [7, 11) is 0. The lowest BCUT2D eigenvalue weighted by Gasteiger charge is -2.02. The Labute approximate surface area is 137 Å². The van der Waals surface area contributed by atoms with Gasteiger partial charge in [-0.2, -0.15) is 9.78 Å². The lowest BCUT2D eigenvalue weighted by atomic mass is 10.2. The molecule has 0 spiro atoms. The molecule has 6 heteroatoms. The molecule has 23 heavy (non-hydrogen) atoms. The molecule has 0 amide bonds. The summed E-state index contributed by atoms with van der Waals surface area (Å²) >= 11 is 1.53. The van der Waals surface area contributed by atoms with Crippen molar-refractivity contribution in [1.82, 2.24) is 9.66 Å². The maximum Gasteiger partial charge on any atom is 0.282 e. The van der Waals surface area contributed by atoms with Gasteiger partial charge in [-0.3, -0.25) is 4.79 Å². The van der Waals surface area contributed by atoms with Gasteiger partial charge in [-0.1, -0.05) is 0 Å². The Morgan fingerprint density at radius 3 is 2.74 bits per heavy atom. The van der Waals surface area contributed by atoms with E-state index in [4.69, 9.17) is 4.74 Å². The van der Waals surface area contributed by atoms with Gasteiger partial charge in [0.05, 0.1) is 18.2 Å². The predicted molar refractivity (Wildman–Crippen MR) is 94.0 cm³/mol. The molecule has 0 atom stereocenters. The third-order valence-corrected chi connectivity index (χ3v) is 4.71. The number of rotatable bonds is 4. The molecular formula is C17H17N3O2S. The molecule has 2 aromatic heterocycles. The lowest BCUT2D eigenvalue weighted by Crippen LogP contribution is -2.16. The van der Waals surface area contributed by atoms with E-state index in [2.05, 4.69) is 10.1 Å². The molecule has 3 rings (SSSR count). The molecule has 3 aromatic rings. The van der Waals surface area contributed by atoms with Crippen molar-refractivity contribution in [2.75, 3.05) is 6.61 Å². The van der Waals surface area contributed by atoms with Crippen molar-refractivity contribution in [2.45, 2.75) is 20.8 Å². The molecule has 0 saturated heterocycles. The summed E-state index contributed by atoms with van der Waals surface area (Å²) in [6.07, 6.45) is 3.10. The van der Waals surface area contributed by atoms with E-state index >= 15 is 0 Å². The molecule has 0 radical (unpaired) electrons. The van der Waals surface area contributed by atoms with Gasteiger partial charge >= 0.3 is 0 Å². The molecule has 5 nitrogen and oxygen atoms in total. The smallest absolute Gasteiger partial charge is 0.282 e. The van der Waals surface area contributed by atoms with Gasteiger partial charge in [-0.25, -0.2) is 4.98 Å². The van der Waals surface area contributed by atoms with Gasteiger partial charge < -0.3 is 4.74 Å². The van der Waals surface area contributed by atoms with Crippen LogP contribution in [0, 0.1) is 13.8 Å². The van der Waals surface area contributed by atoms with Crippen molar-refractivity contribution in [2.24, 2.45) is 5.10 Å². The van der Waals surface area contributed by atoms with E-state index in [0.29, 0.717) is 12.0 Å². The second-order valence-electron chi connectivity index (χ2n) is 5.10. The number of benzene rings is 1. The van der Waals surface area contributed by atoms with Crippen LogP contribution in [0.15, 0.2) is 40.5 Å². The highest BCUT2D eigenvalue weighted by atomic mass is 32.1. The predicted octanol–water partition coefficient (Wildman–Crippen LogP) is 3.36. The van der Waals surface area contributed by atoms with Gasteiger partial charge in [0.15, 0.2) is 0 Å². The molecule has 1 aromatic carbocycles. The maximum absolute atomic E-state index is 12.5.